The van der Waals surface area contributed by atoms with Crippen molar-refractivity contribution in [2.24, 2.45) is 11.8 Å². The van der Waals surface area contributed by atoms with Crippen LogP contribution >= 0.6 is 0 Å². The molecule has 1 aromatic rings. The highest BCUT2D eigenvalue weighted by Gasteiger charge is 2.49. The molecule has 4 amide bonds. The molecule has 0 bridgehead atoms. The number of rotatable bonds is 8. The quantitative estimate of drug-likeness (QED) is 0.406. The summed E-state index contributed by atoms with van der Waals surface area (Å²) in [5.74, 6) is -0.333. The molecule has 0 aromatic heterocycles. The minimum Gasteiger partial charge on any atom is -0.341 e. The third-order valence-corrected chi connectivity index (χ3v) is 4.75. The highest BCUT2D eigenvalue weighted by Crippen LogP contribution is 2.30. The molecule has 0 unspecified atom stereocenters. The van der Waals surface area contributed by atoms with E-state index in [1.165, 1.54) is 31.2 Å². The SMILES string of the molecule is CC(C)CN(CC(C)C)C(=O)CN1C(=O)N[C@@](C)(c2ccc([N+](=O)[O-])cc2)C1=O. The number of nitro groups is 1. The van der Waals surface area contributed by atoms with Crippen LogP contribution in [0.5, 0.6) is 0 Å². The molecular formula is C20H28N4O5. The number of benzene rings is 1. The lowest BCUT2D eigenvalue weighted by molar-refractivity contribution is -0.384. The Labute approximate surface area is 170 Å². The third kappa shape index (κ3) is 4.90. The number of nitrogens with zero attached hydrogens (tertiary/aromatic N) is 3. The van der Waals surface area contributed by atoms with Crippen LogP contribution < -0.4 is 5.32 Å². The second-order valence-electron chi connectivity index (χ2n) is 8.34. The normalized spacial score (nSPS) is 19.1. The predicted molar refractivity (Wildman–Crippen MR) is 107 cm³/mol. The number of hydrogen-bond acceptors (Lipinski definition) is 5. The summed E-state index contributed by atoms with van der Waals surface area (Å²) in [5, 5.41) is 13.5. The molecule has 29 heavy (non-hydrogen) atoms. The summed E-state index contributed by atoms with van der Waals surface area (Å²) in [6, 6.07) is 4.77. The van der Waals surface area contributed by atoms with Gasteiger partial charge in [0.1, 0.15) is 12.1 Å². The Morgan fingerprint density at radius 1 is 1.14 bits per heavy atom. The number of carbonyl (C=O) groups excluding carboxylic acids is 3. The Morgan fingerprint density at radius 3 is 2.10 bits per heavy atom. The van der Waals surface area contributed by atoms with E-state index in [0.717, 1.165) is 4.90 Å². The van der Waals surface area contributed by atoms with E-state index in [1.807, 2.05) is 27.7 Å². The molecule has 2 rings (SSSR count). The average molecular weight is 404 g/mol. The highest BCUT2D eigenvalue weighted by molar-refractivity contribution is 6.09. The fourth-order valence-corrected chi connectivity index (χ4v) is 3.35. The van der Waals surface area contributed by atoms with Gasteiger partial charge >= 0.3 is 6.03 Å². The molecule has 9 nitrogen and oxygen atoms in total. The van der Waals surface area contributed by atoms with Crippen LogP contribution in [0.15, 0.2) is 24.3 Å². The lowest BCUT2D eigenvalue weighted by Crippen LogP contribution is -2.46. The van der Waals surface area contributed by atoms with Crippen LogP contribution in [0.3, 0.4) is 0 Å². The van der Waals surface area contributed by atoms with Gasteiger partial charge in [0.05, 0.1) is 4.92 Å². The molecule has 1 aliphatic heterocycles. The lowest BCUT2D eigenvalue weighted by Gasteiger charge is -2.28. The molecule has 9 heteroatoms. The zero-order valence-electron chi connectivity index (χ0n) is 17.5. The van der Waals surface area contributed by atoms with Crippen molar-refractivity contribution in [3.63, 3.8) is 0 Å². The Hall–Kier alpha value is -2.97. The minimum atomic E-state index is -1.38. The van der Waals surface area contributed by atoms with Gasteiger partial charge in [0.15, 0.2) is 0 Å². The molecule has 0 saturated carbocycles. The zero-order valence-corrected chi connectivity index (χ0v) is 17.5. The van der Waals surface area contributed by atoms with Crippen LogP contribution in [0, 0.1) is 22.0 Å². The Kier molecular flexibility index (Phi) is 6.61. The van der Waals surface area contributed by atoms with Gasteiger partial charge in [-0.05, 0) is 36.5 Å². The van der Waals surface area contributed by atoms with Gasteiger partial charge in [0.25, 0.3) is 11.6 Å². The number of non-ortho nitro benzene ring substituents is 1. The number of nitrogens with one attached hydrogen (secondary N) is 1. The molecule has 1 heterocycles. The minimum absolute atomic E-state index is 0.112. The number of imide groups is 1. The molecule has 158 valence electrons. The van der Waals surface area contributed by atoms with E-state index in [-0.39, 0.29) is 30.0 Å². The van der Waals surface area contributed by atoms with Crippen molar-refractivity contribution >= 4 is 23.5 Å². The first-order valence-corrected chi connectivity index (χ1v) is 9.62. The van der Waals surface area contributed by atoms with E-state index < -0.39 is 22.4 Å². The van der Waals surface area contributed by atoms with Crippen molar-refractivity contribution in [3.05, 3.63) is 39.9 Å². The van der Waals surface area contributed by atoms with Crippen molar-refractivity contribution in [2.75, 3.05) is 19.6 Å². The Bertz CT molecular complexity index is 796. The number of carbonyl (C=O) groups is 3. The van der Waals surface area contributed by atoms with E-state index in [9.17, 15) is 24.5 Å². The molecule has 0 aliphatic carbocycles. The molecule has 1 N–H and O–H groups in total. The summed E-state index contributed by atoms with van der Waals surface area (Å²) in [5.41, 5.74) is -1.08. The van der Waals surface area contributed by atoms with E-state index in [1.54, 1.807) is 4.90 Å². The topological polar surface area (TPSA) is 113 Å². The van der Waals surface area contributed by atoms with Gasteiger partial charge in [0, 0.05) is 25.2 Å². The Morgan fingerprint density at radius 2 is 1.66 bits per heavy atom. The van der Waals surface area contributed by atoms with E-state index in [0.29, 0.717) is 18.7 Å². The smallest absolute Gasteiger partial charge is 0.325 e. The number of hydrogen-bond donors (Lipinski definition) is 1. The molecule has 1 aromatic carbocycles. The van der Waals surface area contributed by atoms with Gasteiger partial charge < -0.3 is 10.2 Å². The summed E-state index contributed by atoms with van der Waals surface area (Å²) in [4.78, 5) is 51.2. The maximum Gasteiger partial charge on any atom is 0.325 e. The van der Waals surface area contributed by atoms with Crippen LogP contribution in [0.25, 0.3) is 0 Å². The first kappa shape index (κ1) is 22.3. The van der Waals surface area contributed by atoms with Gasteiger partial charge in [-0.3, -0.25) is 24.6 Å². The third-order valence-electron chi connectivity index (χ3n) is 4.75. The maximum absolute atomic E-state index is 13.0. The zero-order chi connectivity index (χ0) is 21.9. The van der Waals surface area contributed by atoms with E-state index in [4.69, 9.17) is 0 Å². The van der Waals surface area contributed by atoms with Gasteiger partial charge in [0.2, 0.25) is 5.91 Å². The average Bonchev–Trinajstić information content (AvgIpc) is 2.84. The monoisotopic (exact) mass is 404 g/mol. The number of urea groups is 1. The van der Waals surface area contributed by atoms with Gasteiger partial charge in [-0.15, -0.1) is 0 Å². The molecule has 1 saturated heterocycles. The van der Waals surface area contributed by atoms with Crippen molar-refractivity contribution in [1.29, 1.82) is 0 Å². The summed E-state index contributed by atoms with van der Waals surface area (Å²) in [6.07, 6.45) is 0. The first-order valence-electron chi connectivity index (χ1n) is 9.62. The Balaban J connectivity index is 2.20. The molecule has 0 spiro atoms. The second kappa shape index (κ2) is 8.59. The first-order chi connectivity index (χ1) is 13.5. The molecule has 1 fully saturated rings. The number of nitro benzene ring substituents is 1. The molecule has 0 radical (unpaired) electrons. The van der Waals surface area contributed by atoms with Crippen LogP contribution in [0.2, 0.25) is 0 Å². The van der Waals surface area contributed by atoms with Crippen molar-refractivity contribution in [2.45, 2.75) is 40.2 Å². The van der Waals surface area contributed by atoms with Crippen LogP contribution in [0.1, 0.15) is 40.2 Å². The van der Waals surface area contributed by atoms with Crippen LogP contribution in [0.4, 0.5) is 10.5 Å². The van der Waals surface area contributed by atoms with Crippen LogP contribution in [-0.2, 0) is 15.1 Å². The van der Waals surface area contributed by atoms with Crippen molar-refractivity contribution in [3.8, 4) is 0 Å². The van der Waals surface area contributed by atoms with E-state index >= 15 is 0 Å². The standard InChI is InChI=1S/C20H28N4O5/c1-13(2)10-22(11-14(3)4)17(25)12-23-18(26)20(5,21-19(23)27)15-6-8-16(9-7-15)24(28)29/h6-9,13-14H,10-12H2,1-5H3,(H,21,27)/t20-/m0/s1. The molecule has 1 atom stereocenters. The second-order valence-corrected chi connectivity index (χ2v) is 8.34. The molecular weight excluding hydrogens is 376 g/mol. The lowest BCUT2D eigenvalue weighted by atomic mass is 9.92. The maximum atomic E-state index is 13.0. The fraction of sp³-hybridized carbons (Fsp3) is 0.550. The van der Waals surface area contributed by atoms with Gasteiger partial charge in [-0.2, -0.15) is 0 Å². The summed E-state index contributed by atoms with van der Waals surface area (Å²) < 4.78 is 0. The fourth-order valence-electron chi connectivity index (χ4n) is 3.35. The van der Waals surface area contributed by atoms with E-state index in [2.05, 4.69) is 5.32 Å². The highest BCUT2D eigenvalue weighted by atomic mass is 16.6. The number of amides is 4. The van der Waals surface area contributed by atoms with Gasteiger partial charge in [-0.1, -0.05) is 27.7 Å². The van der Waals surface area contributed by atoms with Crippen molar-refractivity contribution in [1.82, 2.24) is 15.1 Å². The van der Waals surface area contributed by atoms with Crippen molar-refractivity contribution < 1.29 is 19.3 Å². The summed E-state index contributed by atoms with van der Waals surface area (Å²) in [7, 11) is 0. The van der Waals surface area contributed by atoms with Gasteiger partial charge in [-0.25, -0.2) is 4.79 Å². The summed E-state index contributed by atoms with van der Waals surface area (Å²) >= 11 is 0. The largest absolute Gasteiger partial charge is 0.341 e. The van der Waals surface area contributed by atoms with Crippen LogP contribution in [-0.4, -0.2) is 52.2 Å². The predicted octanol–water partition coefficient (Wildman–Crippen LogP) is 2.50. The summed E-state index contributed by atoms with van der Waals surface area (Å²) in [6.45, 7) is 10.3. The molecule has 1 aliphatic rings.